The largest absolute Gasteiger partial charge is 0.462 e. The van der Waals surface area contributed by atoms with Crippen LogP contribution in [0.4, 0.5) is 5.69 Å². The SMILES string of the molecule is CCOC(=O)c1ccc(N[C@H]2c3ncccc3C(=O)N2Cc2cccs2)cc1. The molecule has 0 bridgehead atoms. The fourth-order valence-electron chi connectivity index (χ4n) is 3.19. The summed E-state index contributed by atoms with van der Waals surface area (Å²) < 4.78 is 5.02. The molecule has 1 N–H and O–H groups in total. The second-order valence-electron chi connectivity index (χ2n) is 6.29. The highest BCUT2D eigenvalue weighted by Gasteiger charge is 2.38. The minimum Gasteiger partial charge on any atom is -0.462 e. The fraction of sp³-hybridized carbons (Fsp3) is 0.190. The van der Waals surface area contributed by atoms with Crippen molar-refractivity contribution in [3.8, 4) is 0 Å². The predicted octanol–water partition coefficient (Wildman–Crippen LogP) is 4.09. The number of hydrogen-bond donors (Lipinski definition) is 1. The molecule has 3 aromatic rings. The molecule has 0 saturated carbocycles. The lowest BCUT2D eigenvalue weighted by atomic mass is 10.2. The third-order valence-electron chi connectivity index (χ3n) is 4.51. The van der Waals surface area contributed by atoms with Gasteiger partial charge in [0.2, 0.25) is 0 Å². The van der Waals surface area contributed by atoms with Crippen molar-refractivity contribution in [1.29, 1.82) is 0 Å². The Hall–Kier alpha value is -3.19. The van der Waals surface area contributed by atoms with E-state index in [1.54, 1.807) is 65.8 Å². The molecule has 1 atom stereocenters. The van der Waals surface area contributed by atoms with Crippen molar-refractivity contribution in [3.63, 3.8) is 0 Å². The molecule has 4 rings (SSSR count). The Kier molecular flexibility index (Phi) is 5.08. The lowest BCUT2D eigenvalue weighted by Gasteiger charge is -2.26. The molecule has 142 valence electrons. The molecule has 7 heteroatoms. The highest BCUT2D eigenvalue weighted by Crippen LogP contribution is 2.34. The molecule has 0 aliphatic carbocycles. The summed E-state index contributed by atoms with van der Waals surface area (Å²) in [6.45, 7) is 2.62. The van der Waals surface area contributed by atoms with E-state index in [-0.39, 0.29) is 18.0 Å². The topological polar surface area (TPSA) is 71.5 Å². The van der Waals surface area contributed by atoms with Crippen molar-refractivity contribution < 1.29 is 14.3 Å². The summed E-state index contributed by atoms with van der Waals surface area (Å²) in [6.07, 6.45) is 1.32. The Labute approximate surface area is 166 Å². The van der Waals surface area contributed by atoms with Crippen LogP contribution in [-0.2, 0) is 11.3 Å². The van der Waals surface area contributed by atoms with Crippen molar-refractivity contribution in [2.24, 2.45) is 0 Å². The van der Waals surface area contributed by atoms with Gasteiger partial charge in [-0.25, -0.2) is 4.79 Å². The Bertz CT molecular complexity index is 986. The molecule has 1 aromatic carbocycles. The monoisotopic (exact) mass is 393 g/mol. The van der Waals surface area contributed by atoms with Gasteiger partial charge >= 0.3 is 5.97 Å². The molecular formula is C21H19N3O3S. The van der Waals surface area contributed by atoms with E-state index in [0.29, 0.717) is 30.0 Å². The number of benzene rings is 1. The Morgan fingerprint density at radius 1 is 1.21 bits per heavy atom. The van der Waals surface area contributed by atoms with Gasteiger partial charge in [0.25, 0.3) is 5.91 Å². The summed E-state index contributed by atoms with van der Waals surface area (Å²) in [7, 11) is 0. The number of nitrogens with one attached hydrogen (secondary N) is 1. The van der Waals surface area contributed by atoms with E-state index in [1.165, 1.54) is 0 Å². The van der Waals surface area contributed by atoms with Crippen molar-refractivity contribution in [2.45, 2.75) is 19.6 Å². The number of carbonyl (C=O) groups is 2. The zero-order chi connectivity index (χ0) is 19.5. The van der Waals surface area contributed by atoms with Gasteiger partial charge < -0.3 is 15.0 Å². The smallest absolute Gasteiger partial charge is 0.338 e. The first-order valence-electron chi connectivity index (χ1n) is 8.99. The maximum Gasteiger partial charge on any atom is 0.338 e. The minimum absolute atomic E-state index is 0.0443. The van der Waals surface area contributed by atoms with Gasteiger partial charge in [0.1, 0.15) is 6.17 Å². The van der Waals surface area contributed by atoms with Crippen LogP contribution in [0.15, 0.2) is 60.1 Å². The number of esters is 1. The van der Waals surface area contributed by atoms with Crippen molar-refractivity contribution in [2.75, 3.05) is 11.9 Å². The van der Waals surface area contributed by atoms with Crippen LogP contribution in [0.1, 0.15) is 44.4 Å². The van der Waals surface area contributed by atoms with Gasteiger partial charge in [-0.05, 0) is 54.8 Å². The number of fused-ring (bicyclic) bond motifs is 1. The summed E-state index contributed by atoms with van der Waals surface area (Å²) in [4.78, 5) is 32.1. The maximum atomic E-state index is 12.9. The number of ether oxygens (including phenoxy) is 1. The van der Waals surface area contributed by atoms with Crippen LogP contribution in [0.3, 0.4) is 0 Å². The molecule has 0 radical (unpaired) electrons. The van der Waals surface area contributed by atoms with E-state index in [1.807, 2.05) is 17.5 Å². The summed E-state index contributed by atoms with van der Waals surface area (Å²) in [5, 5.41) is 5.38. The lowest BCUT2D eigenvalue weighted by molar-refractivity contribution is 0.0526. The third-order valence-corrected chi connectivity index (χ3v) is 5.37. The first-order valence-corrected chi connectivity index (χ1v) is 9.87. The van der Waals surface area contributed by atoms with Crippen LogP contribution >= 0.6 is 11.3 Å². The number of aromatic nitrogens is 1. The number of pyridine rings is 1. The maximum absolute atomic E-state index is 12.9. The Morgan fingerprint density at radius 3 is 2.75 bits per heavy atom. The van der Waals surface area contributed by atoms with Crippen LogP contribution < -0.4 is 5.32 Å². The number of thiophene rings is 1. The van der Waals surface area contributed by atoms with E-state index in [9.17, 15) is 9.59 Å². The standard InChI is InChI=1S/C21H19N3O3S/c1-2-27-21(26)14-7-9-15(10-8-14)23-19-18-17(6-3-11-22-18)20(25)24(19)13-16-5-4-12-28-16/h3-12,19,23H,2,13H2,1H3/t19-/m1/s1. The molecular weight excluding hydrogens is 374 g/mol. The van der Waals surface area contributed by atoms with Crippen LogP contribution in [0.25, 0.3) is 0 Å². The molecule has 1 aliphatic heterocycles. The van der Waals surface area contributed by atoms with Gasteiger partial charge in [0, 0.05) is 16.8 Å². The van der Waals surface area contributed by atoms with Crippen molar-refractivity contribution in [1.82, 2.24) is 9.88 Å². The Morgan fingerprint density at radius 2 is 2.04 bits per heavy atom. The number of hydrogen-bond acceptors (Lipinski definition) is 6. The third kappa shape index (κ3) is 3.48. The van der Waals surface area contributed by atoms with Gasteiger partial charge in [0.05, 0.1) is 30.0 Å². The van der Waals surface area contributed by atoms with Gasteiger partial charge in [-0.1, -0.05) is 6.07 Å². The number of nitrogens with zero attached hydrogens (tertiary/aromatic N) is 2. The molecule has 1 amide bonds. The van der Waals surface area contributed by atoms with Crippen molar-refractivity contribution >= 4 is 28.9 Å². The van der Waals surface area contributed by atoms with Crippen LogP contribution in [0, 0.1) is 0 Å². The van der Waals surface area contributed by atoms with Gasteiger partial charge in [-0.15, -0.1) is 11.3 Å². The fourth-order valence-corrected chi connectivity index (χ4v) is 3.89. The number of rotatable bonds is 6. The molecule has 0 fully saturated rings. The normalized spacial score (nSPS) is 15.4. The highest BCUT2D eigenvalue weighted by atomic mass is 32.1. The minimum atomic E-state index is -0.376. The first kappa shape index (κ1) is 18.2. The number of carbonyl (C=O) groups excluding carboxylic acids is 2. The average molecular weight is 393 g/mol. The van der Waals surface area contributed by atoms with E-state index in [2.05, 4.69) is 10.3 Å². The summed E-state index contributed by atoms with van der Waals surface area (Å²) in [5.41, 5.74) is 2.60. The zero-order valence-electron chi connectivity index (χ0n) is 15.3. The summed E-state index contributed by atoms with van der Waals surface area (Å²) in [5.74, 6) is -0.395. The average Bonchev–Trinajstić information content (AvgIpc) is 3.32. The molecule has 28 heavy (non-hydrogen) atoms. The molecule has 3 heterocycles. The lowest BCUT2D eigenvalue weighted by Crippen LogP contribution is -2.31. The second-order valence-corrected chi connectivity index (χ2v) is 7.33. The predicted molar refractivity (Wildman–Crippen MR) is 107 cm³/mol. The van der Waals surface area contributed by atoms with Crippen LogP contribution in [-0.4, -0.2) is 28.4 Å². The molecule has 0 unspecified atom stereocenters. The van der Waals surface area contributed by atoms with Crippen LogP contribution in [0.5, 0.6) is 0 Å². The van der Waals surface area contributed by atoms with Crippen molar-refractivity contribution in [3.05, 3.63) is 81.8 Å². The number of anilines is 1. The molecule has 0 spiro atoms. The van der Waals surface area contributed by atoms with E-state index in [0.717, 1.165) is 10.6 Å². The van der Waals surface area contributed by atoms with Crippen LogP contribution in [0.2, 0.25) is 0 Å². The first-order chi connectivity index (χ1) is 13.7. The van der Waals surface area contributed by atoms with E-state index in [4.69, 9.17) is 4.74 Å². The quantitative estimate of drug-likeness (QED) is 0.639. The van der Waals surface area contributed by atoms with E-state index < -0.39 is 0 Å². The summed E-state index contributed by atoms with van der Waals surface area (Å²) in [6, 6.07) is 14.6. The zero-order valence-corrected chi connectivity index (χ0v) is 16.1. The molecule has 0 saturated heterocycles. The van der Waals surface area contributed by atoms with Gasteiger partial charge in [-0.2, -0.15) is 0 Å². The summed E-state index contributed by atoms with van der Waals surface area (Å²) >= 11 is 1.62. The molecule has 6 nitrogen and oxygen atoms in total. The highest BCUT2D eigenvalue weighted by molar-refractivity contribution is 7.09. The second kappa shape index (κ2) is 7.82. The Balaban J connectivity index is 1.60. The van der Waals surface area contributed by atoms with Gasteiger partial charge in [-0.3, -0.25) is 9.78 Å². The molecule has 1 aliphatic rings. The number of amides is 1. The van der Waals surface area contributed by atoms with Gasteiger partial charge in [0.15, 0.2) is 0 Å². The van der Waals surface area contributed by atoms with E-state index >= 15 is 0 Å². The molecule has 2 aromatic heterocycles.